The molecule has 1 heterocycles. The average Bonchev–Trinajstić information content (AvgIpc) is 2.94. The van der Waals surface area contributed by atoms with Crippen molar-refractivity contribution in [2.75, 3.05) is 6.61 Å². The summed E-state index contributed by atoms with van der Waals surface area (Å²) in [5.74, 6) is 0.00990. The van der Waals surface area contributed by atoms with Crippen molar-refractivity contribution >= 4 is 16.7 Å². The van der Waals surface area contributed by atoms with Crippen molar-refractivity contribution in [3.63, 3.8) is 0 Å². The molecule has 1 unspecified atom stereocenters. The number of rotatable bonds is 4. The summed E-state index contributed by atoms with van der Waals surface area (Å²) in [6.07, 6.45) is 1.85. The van der Waals surface area contributed by atoms with Gasteiger partial charge in [-0.05, 0) is 13.0 Å². The van der Waals surface area contributed by atoms with Crippen LogP contribution in [0.2, 0.25) is 0 Å². The number of carbonyl (C=O) groups is 1. The number of para-hydroxylation sites is 1. The van der Waals surface area contributed by atoms with Gasteiger partial charge in [0.05, 0.1) is 12.6 Å². The molecule has 0 saturated heterocycles. The fourth-order valence-electron chi connectivity index (χ4n) is 2.58. The smallest absolute Gasteiger partial charge is 0.195 e. The summed E-state index contributed by atoms with van der Waals surface area (Å²) in [5, 5.41) is 10.3. The van der Waals surface area contributed by atoms with Crippen LogP contribution in [0.15, 0.2) is 60.8 Å². The van der Waals surface area contributed by atoms with E-state index in [1.807, 2.05) is 72.3 Å². The molecule has 0 spiro atoms. The van der Waals surface area contributed by atoms with Gasteiger partial charge in [0.15, 0.2) is 5.78 Å². The summed E-state index contributed by atoms with van der Waals surface area (Å²) in [6, 6.07) is 17.0. The fraction of sp³-hybridized carbons (Fsp3) is 0.167. The number of fused-ring (bicyclic) bond motifs is 1. The first-order chi connectivity index (χ1) is 10.2. The van der Waals surface area contributed by atoms with E-state index in [0.717, 1.165) is 10.9 Å². The van der Waals surface area contributed by atoms with E-state index in [-0.39, 0.29) is 18.4 Å². The molecule has 0 bridgehead atoms. The number of aromatic nitrogens is 1. The number of hydrogen-bond acceptors (Lipinski definition) is 2. The molecule has 1 N–H and O–H groups in total. The van der Waals surface area contributed by atoms with Crippen molar-refractivity contribution in [3.05, 3.63) is 71.9 Å². The third-order valence-corrected chi connectivity index (χ3v) is 3.76. The van der Waals surface area contributed by atoms with E-state index in [2.05, 4.69) is 0 Å². The Balaban J connectivity index is 2.17. The molecule has 0 aliphatic heterocycles. The molecule has 3 rings (SSSR count). The van der Waals surface area contributed by atoms with Gasteiger partial charge in [-0.3, -0.25) is 4.79 Å². The van der Waals surface area contributed by atoms with Gasteiger partial charge in [0, 0.05) is 28.2 Å². The SMILES string of the molecule is CC(CO)n1cc(C(=O)c2ccccc2)c2ccccc21. The predicted molar refractivity (Wildman–Crippen MR) is 83.6 cm³/mol. The first-order valence-corrected chi connectivity index (χ1v) is 7.02. The van der Waals surface area contributed by atoms with E-state index in [9.17, 15) is 9.90 Å². The van der Waals surface area contributed by atoms with E-state index < -0.39 is 0 Å². The summed E-state index contributed by atoms with van der Waals surface area (Å²) in [7, 11) is 0. The van der Waals surface area contributed by atoms with Gasteiger partial charge >= 0.3 is 0 Å². The van der Waals surface area contributed by atoms with Crippen molar-refractivity contribution in [3.8, 4) is 0 Å². The second-order valence-electron chi connectivity index (χ2n) is 5.19. The second kappa shape index (κ2) is 5.54. The highest BCUT2D eigenvalue weighted by Crippen LogP contribution is 2.26. The third kappa shape index (κ3) is 2.36. The summed E-state index contributed by atoms with van der Waals surface area (Å²) in [4.78, 5) is 12.7. The number of benzene rings is 2. The van der Waals surface area contributed by atoms with Crippen LogP contribution in [0.3, 0.4) is 0 Å². The fourth-order valence-corrected chi connectivity index (χ4v) is 2.58. The van der Waals surface area contributed by atoms with Crippen LogP contribution in [0.1, 0.15) is 28.9 Å². The minimum Gasteiger partial charge on any atom is -0.394 e. The summed E-state index contributed by atoms with van der Waals surface area (Å²) < 4.78 is 1.96. The molecular weight excluding hydrogens is 262 g/mol. The second-order valence-corrected chi connectivity index (χ2v) is 5.19. The standard InChI is InChI=1S/C18H17NO2/c1-13(12-20)19-11-16(15-9-5-6-10-17(15)19)18(21)14-7-3-2-4-8-14/h2-11,13,20H,12H2,1H3. The van der Waals surface area contributed by atoms with Crippen molar-refractivity contribution in [2.45, 2.75) is 13.0 Å². The third-order valence-electron chi connectivity index (χ3n) is 3.76. The molecule has 3 nitrogen and oxygen atoms in total. The Morgan fingerprint density at radius 2 is 1.76 bits per heavy atom. The van der Waals surface area contributed by atoms with Crippen LogP contribution in [0, 0.1) is 0 Å². The lowest BCUT2D eigenvalue weighted by atomic mass is 10.0. The summed E-state index contributed by atoms with van der Waals surface area (Å²) in [5.41, 5.74) is 2.33. The first kappa shape index (κ1) is 13.6. The molecule has 3 heteroatoms. The van der Waals surface area contributed by atoms with Crippen LogP contribution < -0.4 is 0 Å². The molecule has 3 aromatic rings. The first-order valence-electron chi connectivity index (χ1n) is 7.02. The molecule has 21 heavy (non-hydrogen) atoms. The molecule has 0 amide bonds. The Labute approximate surface area is 123 Å². The van der Waals surface area contributed by atoms with E-state index >= 15 is 0 Å². The predicted octanol–water partition coefficient (Wildman–Crippen LogP) is 3.43. The van der Waals surface area contributed by atoms with E-state index in [0.29, 0.717) is 11.1 Å². The van der Waals surface area contributed by atoms with Crippen molar-refractivity contribution in [2.24, 2.45) is 0 Å². The normalized spacial score (nSPS) is 12.5. The van der Waals surface area contributed by atoms with E-state index in [1.165, 1.54) is 0 Å². The molecule has 2 aromatic carbocycles. The van der Waals surface area contributed by atoms with Crippen molar-refractivity contribution < 1.29 is 9.90 Å². The molecule has 0 saturated carbocycles. The van der Waals surface area contributed by atoms with Crippen LogP contribution in [0.5, 0.6) is 0 Å². The Morgan fingerprint density at radius 1 is 1.10 bits per heavy atom. The van der Waals surface area contributed by atoms with Crippen LogP contribution >= 0.6 is 0 Å². The monoisotopic (exact) mass is 279 g/mol. The summed E-state index contributed by atoms with van der Waals surface area (Å²) >= 11 is 0. The maximum atomic E-state index is 12.7. The van der Waals surface area contributed by atoms with Gasteiger partial charge < -0.3 is 9.67 Å². The lowest BCUT2D eigenvalue weighted by Crippen LogP contribution is -2.08. The largest absolute Gasteiger partial charge is 0.394 e. The molecule has 0 radical (unpaired) electrons. The van der Waals surface area contributed by atoms with Gasteiger partial charge in [-0.1, -0.05) is 48.5 Å². The van der Waals surface area contributed by atoms with Crippen molar-refractivity contribution in [1.82, 2.24) is 4.57 Å². The summed E-state index contributed by atoms with van der Waals surface area (Å²) in [6.45, 7) is 1.97. The Kier molecular flexibility index (Phi) is 3.59. The molecule has 106 valence electrons. The van der Waals surface area contributed by atoms with Gasteiger partial charge in [0.2, 0.25) is 0 Å². The number of carbonyl (C=O) groups excluding carboxylic acids is 1. The van der Waals surface area contributed by atoms with Crippen LogP contribution in [0.4, 0.5) is 0 Å². The highest BCUT2D eigenvalue weighted by Gasteiger charge is 2.18. The van der Waals surface area contributed by atoms with Gasteiger partial charge in [0.1, 0.15) is 0 Å². The molecule has 0 aliphatic carbocycles. The number of ketones is 1. The van der Waals surface area contributed by atoms with Crippen LogP contribution in [0.25, 0.3) is 10.9 Å². The molecule has 1 atom stereocenters. The lowest BCUT2D eigenvalue weighted by molar-refractivity contribution is 0.104. The lowest BCUT2D eigenvalue weighted by Gasteiger charge is -2.11. The average molecular weight is 279 g/mol. The number of hydrogen-bond donors (Lipinski definition) is 1. The van der Waals surface area contributed by atoms with E-state index in [4.69, 9.17) is 0 Å². The molecular formula is C18H17NO2. The van der Waals surface area contributed by atoms with Crippen LogP contribution in [-0.4, -0.2) is 22.1 Å². The quantitative estimate of drug-likeness (QED) is 0.743. The van der Waals surface area contributed by atoms with Gasteiger partial charge in [-0.25, -0.2) is 0 Å². The zero-order valence-electron chi connectivity index (χ0n) is 11.9. The Bertz CT molecular complexity index is 774. The van der Waals surface area contributed by atoms with Gasteiger partial charge in [-0.15, -0.1) is 0 Å². The Hall–Kier alpha value is -2.39. The topological polar surface area (TPSA) is 42.2 Å². The minimum absolute atomic E-state index is 0.00990. The number of aliphatic hydroxyl groups excluding tert-OH is 1. The zero-order valence-corrected chi connectivity index (χ0v) is 11.9. The maximum Gasteiger partial charge on any atom is 0.195 e. The van der Waals surface area contributed by atoms with Gasteiger partial charge in [-0.2, -0.15) is 0 Å². The maximum absolute atomic E-state index is 12.7. The minimum atomic E-state index is -0.0628. The highest BCUT2D eigenvalue weighted by atomic mass is 16.3. The van der Waals surface area contributed by atoms with Crippen molar-refractivity contribution in [1.29, 1.82) is 0 Å². The molecule has 0 aliphatic rings. The highest BCUT2D eigenvalue weighted by molar-refractivity contribution is 6.16. The van der Waals surface area contributed by atoms with E-state index in [1.54, 1.807) is 0 Å². The Morgan fingerprint density at radius 3 is 2.48 bits per heavy atom. The number of aliphatic hydroxyl groups is 1. The number of nitrogens with zero attached hydrogens (tertiary/aromatic N) is 1. The molecule has 0 fully saturated rings. The van der Waals surface area contributed by atoms with Gasteiger partial charge in [0.25, 0.3) is 0 Å². The zero-order chi connectivity index (χ0) is 14.8. The van der Waals surface area contributed by atoms with Crippen LogP contribution in [-0.2, 0) is 0 Å². The molecule has 1 aromatic heterocycles.